The Morgan fingerprint density at radius 1 is 1.41 bits per heavy atom. The van der Waals surface area contributed by atoms with Crippen LogP contribution in [0.5, 0.6) is 0 Å². The SMILES string of the molecule is CCC(CCC1Cc2ccc(Br)cc2C12N=C(N)N(C1CCOCC1)C2=O)OC. The number of carbonyl (C=O) groups is 1. The number of hydrogen-bond acceptors (Lipinski definition) is 5. The van der Waals surface area contributed by atoms with Gasteiger partial charge in [-0.15, -0.1) is 0 Å². The second kappa shape index (κ2) is 8.36. The number of halogens is 1. The van der Waals surface area contributed by atoms with Gasteiger partial charge < -0.3 is 15.2 Å². The molecule has 0 bridgehead atoms. The molecule has 0 aromatic heterocycles. The maximum absolute atomic E-state index is 14.0. The number of amides is 1. The summed E-state index contributed by atoms with van der Waals surface area (Å²) in [4.78, 5) is 20.6. The number of methoxy groups -OCH3 is 1. The van der Waals surface area contributed by atoms with E-state index in [9.17, 15) is 4.79 Å². The first-order valence-electron chi connectivity index (χ1n) is 10.6. The molecule has 4 rings (SSSR count). The summed E-state index contributed by atoms with van der Waals surface area (Å²) in [6.07, 6.45) is 5.39. The Hall–Kier alpha value is -1.44. The minimum Gasteiger partial charge on any atom is -0.381 e. The molecule has 0 saturated carbocycles. The van der Waals surface area contributed by atoms with Gasteiger partial charge in [0.05, 0.1) is 6.10 Å². The van der Waals surface area contributed by atoms with E-state index in [4.69, 9.17) is 20.2 Å². The number of fused-ring (bicyclic) bond motifs is 2. The van der Waals surface area contributed by atoms with Crippen molar-refractivity contribution in [2.45, 2.75) is 63.1 Å². The first-order valence-corrected chi connectivity index (χ1v) is 11.4. The van der Waals surface area contributed by atoms with Crippen molar-refractivity contribution in [2.24, 2.45) is 16.6 Å². The van der Waals surface area contributed by atoms with Crippen LogP contribution in [0.15, 0.2) is 27.7 Å². The molecule has 1 aromatic rings. The maximum atomic E-state index is 14.0. The molecular formula is C22H30BrN3O3. The highest BCUT2D eigenvalue weighted by molar-refractivity contribution is 9.10. The van der Waals surface area contributed by atoms with E-state index in [1.54, 1.807) is 12.0 Å². The minimum atomic E-state index is -0.909. The van der Waals surface area contributed by atoms with E-state index < -0.39 is 5.54 Å². The van der Waals surface area contributed by atoms with Crippen molar-refractivity contribution in [1.82, 2.24) is 4.90 Å². The highest BCUT2D eigenvalue weighted by Gasteiger charge is 2.59. The zero-order valence-corrected chi connectivity index (χ0v) is 18.8. The monoisotopic (exact) mass is 463 g/mol. The molecule has 7 heteroatoms. The fraction of sp³-hybridized carbons (Fsp3) is 0.636. The van der Waals surface area contributed by atoms with Gasteiger partial charge in [-0.05, 0) is 61.8 Å². The van der Waals surface area contributed by atoms with Crippen LogP contribution in [-0.2, 0) is 26.2 Å². The van der Waals surface area contributed by atoms with Crippen molar-refractivity contribution in [1.29, 1.82) is 0 Å². The summed E-state index contributed by atoms with van der Waals surface area (Å²) in [6.45, 7) is 3.45. The van der Waals surface area contributed by atoms with Gasteiger partial charge in [0.1, 0.15) is 0 Å². The van der Waals surface area contributed by atoms with Crippen LogP contribution in [-0.4, -0.2) is 49.2 Å². The molecule has 2 N–H and O–H groups in total. The van der Waals surface area contributed by atoms with Gasteiger partial charge in [0.15, 0.2) is 11.5 Å². The number of nitrogens with zero attached hydrogens (tertiary/aromatic N) is 2. The van der Waals surface area contributed by atoms with E-state index in [-0.39, 0.29) is 24.0 Å². The number of hydrogen-bond donors (Lipinski definition) is 1. The van der Waals surface area contributed by atoms with Crippen LogP contribution >= 0.6 is 15.9 Å². The number of benzene rings is 1. The Bertz CT molecular complexity index is 804. The summed E-state index contributed by atoms with van der Waals surface area (Å²) in [5, 5.41) is 0. The number of carbonyl (C=O) groups excluding carboxylic acids is 1. The summed E-state index contributed by atoms with van der Waals surface area (Å²) >= 11 is 3.59. The average molecular weight is 464 g/mol. The number of rotatable bonds is 6. The van der Waals surface area contributed by atoms with Crippen LogP contribution in [0, 0.1) is 5.92 Å². The Balaban J connectivity index is 1.70. The van der Waals surface area contributed by atoms with E-state index in [0.29, 0.717) is 19.2 Å². The smallest absolute Gasteiger partial charge is 0.262 e. The van der Waals surface area contributed by atoms with Gasteiger partial charge in [-0.1, -0.05) is 28.9 Å². The third-order valence-electron chi connectivity index (χ3n) is 6.80. The molecule has 3 aliphatic rings. The van der Waals surface area contributed by atoms with Crippen LogP contribution in [0.25, 0.3) is 0 Å². The molecule has 6 nitrogen and oxygen atoms in total. The zero-order valence-electron chi connectivity index (χ0n) is 17.2. The largest absolute Gasteiger partial charge is 0.381 e. The van der Waals surface area contributed by atoms with Gasteiger partial charge in [-0.3, -0.25) is 9.69 Å². The lowest BCUT2D eigenvalue weighted by Crippen LogP contribution is -2.51. The fourth-order valence-corrected chi connectivity index (χ4v) is 5.57. The molecular weight excluding hydrogens is 434 g/mol. The van der Waals surface area contributed by atoms with Crippen molar-refractivity contribution < 1.29 is 14.3 Å². The second-order valence-electron chi connectivity index (χ2n) is 8.30. The zero-order chi connectivity index (χ0) is 20.6. The summed E-state index contributed by atoms with van der Waals surface area (Å²) in [7, 11) is 1.76. The van der Waals surface area contributed by atoms with Crippen molar-refractivity contribution in [3.05, 3.63) is 33.8 Å². The van der Waals surface area contributed by atoms with E-state index in [1.165, 1.54) is 5.56 Å². The highest BCUT2D eigenvalue weighted by Crippen LogP contribution is 2.51. The number of ether oxygens (including phenoxy) is 2. The maximum Gasteiger partial charge on any atom is 0.262 e. The first kappa shape index (κ1) is 20.8. The lowest BCUT2D eigenvalue weighted by Gasteiger charge is -2.34. The molecule has 1 spiro atoms. The molecule has 3 unspecified atom stereocenters. The van der Waals surface area contributed by atoms with E-state index >= 15 is 0 Å². The molecule has 0 radical (unpaired) electrons. The summed E-state index contributed by atoms with van der Waals surface area (Å²) in [5.41, 5.74) is 7.69. The van der Waals surface area contributed by atoms with Gasteiger partial charge >= 0.3 is 0 Å². The Labute approximate surface area is 181 Å². The molecule has 1 saturated heterocycles. The molecule has 29 heavy (non-hydrogen) atoms. The normalized spacial score (nSPS) is 28.1. The predicted molar refractivity (Wildman–Crippen MR) is 116 cm³/mol. The van der Waals surface area contributed by atoms with Crippen LogP contribution < -0.4 is 5.73 Å². The molecule has 1 fully saturated rings. The number of aliphatic imine (C=N–C) groups is 1. The van der Waals surface area contributed by atoms with Crippen LogP contribution in [0.1, 0.15) is 50.2 Å². The Kier molecular flexibility index (Phi) is 6.00. The van der Waals surface area contributed by atoms with E-state index in [2.05, 4.69) is 35.0 Å². The van der Waals surface area contributed by atoms with Crippen LogP contribution in [0.4, 0.5) is 0 Å². The Morgan fingerprint density at radius 2 is 2.17 bits per heavy atom. The van der Waals surface area contributed by atoms with Crippen molar-refractivity contribution in [3.8, 4) is 0 Å². The fourth-order valence-electron chi connectivity index (χ4n) is 5.21. The minimum absolute atomic E-state index is 0.0363. The second-order valence-corrected chi connectivity index (χ2v) is 9.22. The van der Waals surface area contributed by atoms with Gasteiger partial charge in [-0.2, -0.15) is 0 Å². The summed E-state index contributed by atoms with van der Waals surface area (Å²) in [5.74, 6) is 0.486. The average Bonchev–Trinajstić information content (AvgIpc) is 3.17. The molecule has 158 valence electrons. The summed E-state index contributed by atoms with van der Waals surface area (Å²) in [6, 6.07) is 6.29. The van der Waals surface area contributed by atoms with Gasteiger partial charge in [0, 0.05) is 36.8 Å². The van der Waals surface area contributed by atoms with Gasteiger partial charge in [0.2, 0.25) is 0 Å². The Morgan fingerprint density at radius 3 is 2.86 bits per heavy atom. The molecule has 2 heterocycles. The predicted octanol–water partition coefficient (Wildman–Crippen LogP) is 3.36. The topological polar surface area (TPSA) is 77.1 Å². The molecule has 3 atom stereocenters. The first-order chi connectivity index (χ1) is 14.0. The van der Waals surface area contributed by atoms with Crippen LogP contribution in [0.2, 0.25) is 0 Å². The lowest BCUT2D eigenvalue weighted by atomic mass is 9.80. The van der Waals surface area contributed by atoms with Crippen LogP contribution in [0.3, 0.4) is 0 Å². The number of nitrogens with two attached hydrogens (primary N) is 1. The molecule has 2 aliphatic heterocycles. The third kappa shape index (κ3) is 3.51. The van der Waals surface area contributed by atoms with Gasteiger partial charge in [0.25, 0.3) is 5.91 Å². The molecule has 1 aliphatic carbocycles. The van der Waals surface area contributed by atoms with E-state index in [1.807, 2.05) is 6.07 Å². The van der Waals surface area contributed by atoms with Crippen molar-refractivity contribution in [2.75, 3.05) is 20.3 Å². The molecule has 1 aromatic carbocycles. The quantitative estimate of drug-likeness (QED) is 0.701. The standard InChI is InChI=1S/C22H30BrN3O3/c1-3-18(28-2)7-5-15-12-14-4-6-16(23)13-19(14)22(15)20(27)26(21(24)25-22)17-8-10-29-11-9-17/h4,6,13,15,17-18H,3,5,7-12H2,1-2H3,(H2,24,25). The summed E-state index contributed by atoms with van der Waals surface area (Å²) < 4.78 is 12.0. The van der Waals surface area contributed by atoms with Gasteiger partial charge in [-0.25, -0.2) is 4.99 Å². The highest BCUT2D eigenvalue weighted by atomic mass is 79.9. The third-order valence-corrected chi connectivity index (χ3v) is 7.30. The van der Waals surface area contributed by atoms with E-state index in [0.717, 1.165) is 48.6 Å². The molecule has 1 amide bonds. The van der Waals surface area contributed by atoms with Crippen molar-refractivity contribution >= 4 is 27.8 Å². The lowest BCUT2D eigenvalue weighted by molar-refractivity contribution is -0.136. The van der Waals surface area contributed by atoms with Crippen molar-refractivity contribution in [3.63, 3.8) is 0 Å². The number of guanidine groups is 1.